The van der Waals surface area contributed by atoms with Crippen LogP contribution in [-0.4, -0.2) is 20.8 Å². The van der Waals surface area contributed by atoms with Crippen LogP contribution in [0.25, 0.3) is 10.8 Å². The summed E-state index contributed by atoms with van der Waals surface area (Å²) in [6.45, 7) is 2.28. The Labute approximate surface area is 119 Å². The molecule has 5 heteroatoms. The predicted octanol–water partition coefficient (Wildman–Crippen LogP) is 2.53. The normalized spacial score (nSPS) is 13.3. The Morgan fingerprint density at radius 3 is 2.50 bits per heavy atom. The van der Waals surface area contributed by atoms with Crippen LogP contribution in [0, 0.1) is 5.92 Å². The van der Waals surface area contributed by atoms with Crippen LogP contribution in [0.1, 0.15) is 13.3 Å². The lowest BCUT2D eigenvalue weighted by Crippen LogP contribution is -2.26. The summed E-state index contributed by atoms with van der Waals surface area (Å²) in [6, 6.07) is 13.9. The van der Waals surface area contributed by atoms with E-state index in [1.54, 1.807) is 0 Å². The number of primary sulfonamides is 1. The number of fused-ring (bicyclic) bond motifs is 1. The van der Waals surface area contributed by atoms with E-state index in [2.05, 4.69) is 0 Å². The van der Waals surface area contributed by atoms with Crippen molar-refractivity contribution in [1.82, 2.24) is 0 Å². The standard InChI is InChI=1S/C15H19NO3S/c1-2-12(11-20(16,17)18)10-19-15-8-7-13-5-3-4-6-14(13)9-15/h3-9,12H,2,10-11H2,1H3,(H2,16,17,18). The van der Waals surface area contributed by atoms with Crippen LogP contribution in [0.4, 0.5) is 0 Å². The number of hydrogen-bond donors (Lipinski definition) is 1. The van der Waals surface area contributed by atoms with Crippen molar-refractivity contribution in [3.63, 3.8) is 0 Å². The van der Waals surface area contributed by atoms with Crippen molar-refractivity contribution in [1.29, 1.82) is 0 Å². The van der Waals surface area contributed by atoms with Crippen LogP contribution >= 0.6 is 0 Å². The van der Waals surface area contributed by atoms with Crippen LogP contribution in [0.15, 0.2) is 42.5 Å². The molecule has 4 nitrogen and oxygen atoms in total. The molecule has 2 N–H and O–H groups in total. The van der Waals surface area contributed by atoms with Crippen LogP contribution in [0.2, 0.25) is 0 Å². The maximum Gasteiger partial charge on any atom is 0.209 e. The topological polar surface area (TPSA) is 69.4 Å². The number of benzene rings is 2. The van der Waals surface area contributed by atoms with E-state index in [4.69, 9.17) is 9.88 Å². The second kappa shape index (κ2) is 6.24. The van der Waals surface area contributed by atoms with Crippen molar-refractivity contribution in [3.8, 4) is 5.75 Å². The molecule has 0 saturated carbocycles. The highest BCUT2D eigenvalue weighted by molar-refractivity contribution is 7.89. The van der Waals surface area contributed by atoms with E-state index in [0.29, 0.717) is 13.0 Å². The number of nitrogens with two attached hydrogens (primary N) is 1. The van der Waals surface area contributed by atoms with Crippen molar-refractivity contribution >= 4 is 20.8 Å². The van der Waals surface area contributed by atoms with Gasteiger partial charge in [0.2, 0.25) is 10.0 Å². The largest absolute Gasteiger partial charge is 0.493 e. The van der Waals surface area contributed by atoms with Crippen molar-refractivity contribution in [2.75, 3.05) is 12.4 Å². The third-order valence-corrected chi connectivity index (χ3v) is 4.19. The van der Waals surface area contributed by atoms with Gasteiger partial charge in [0.15, 0.2) is 0 Å². The molecule has 20 heavy (non-hydrogen) atoms. The van der Waals surface area contributed by atoms with Crippen molar-refractivity contribution in [2.45, 2.75) is 13.3 Å². The van der Waals surface area contributed by atoms with Crippen molar-refractivity contribution in [2.24, 2.45) is 11.1 Å². The number of ether oxygens (including phenoxy) is 1. The monoisotopic (exact) mass is 293 g/mol. The molecule has 0 heterocycles. The lowest BCUT2D eigenvalue weighted by Gasteiger charge is -2.15. The quantitative estimate of drug-likeness (QED) is 0.889. The summed E-state index contributed by atoms with van der Waals surface area (Å²) in [7, 11) is -3.45. The first kappa shape index (κ1) is 14.8. The molecule has 0 amide bonds. The molecule has 0 spiro atoms. The van der Waals surface area contributed by atoms with Gasteiger partial charge < -0.3 is 4.74 Å². The molecular weight excluding hydrogens is 274 g/mol. The average Bonchev–Trinajstić information content (AvgIpc) is 2.42. The lowest BCUT2D eigenvalue weighted by molar-refractivity contribution is 0.258. The molecule has 0 aliphatic heterocycles. The van der Waals surface area contributed by atoms with E-state index >= 15 is 0 Å². The van der Waals surface area contributed by atoms with Crippen LogP contribution in [0.3, 0.4) is 0 Å². The Bertz CT molecular complexity index is 682. The third kappa shape index (κ3) is 4.21. The highest BCUT2D eigenvalue weighted by atomic mass is 32.2. The molecule has 0 aliphatic rings. The molecule has 108 valence electrons. The SMILES string of the molecule is CCC(COc1ccc2ccccc2c1)CS(N)(=O)=O. The fraction of sp³-hybridized carbons (Fsp3) is 0.333. The Morgan fingerprint density at radius 1 is 1.15 bits per heavy atom. The Hall–Kier alpha value is -1.59. The van der Waals surface area contributed by atoms with E-state index in [9.17, 15) is 8.42 Å². The van der Waals surface area contributed by atoms with Gasteiger partial charge in [0, 0.05) is 5.92 Å². The highest BCUT2D eigenvalue weighted by Crippen LogP contribution is 2.21. The summed E-state index contributed by atoms with van der Waals surface area (Å²) < 4.78 is 27.9. The van der Waals surface area contributed by atoms with Gasteiger partial charge in [0.05, 0.1) is 12.4 Å². The molecule has 0 saturated heterocycles. The fourth-order valence-corrected chi connectivity index (χ4v) is 3.07. The molecular formula is C15H19NO3S. The summed E-state index contributed by atoms with van der Waals surface area (Å²) in [5.74, 6) is 0.616. The van der Waals surface area contributed by atoms with Gasteiger partial charge in [-0.3, -0.25) is 0 Å². The number of rotatable bonds is 6. The minimum atomic E-state index is -3.45. The average molecular weight is 293 g/mol. The molecule has 0 bridgehead atoms. The minimum Gasteiger partial charge on any atom is -0.493 e. The Kier molecular flexibility index (Phi) is 4.62. The van der Waals surface area contributed by atoms with Crippen molar-refractivity contribution in [3.05, 3.63) is 42.5 Å². The summed E-state index contributed by atoms with van der Waals surface area (Å²) in [5.41, 5.74) is 0. The zero-order valence-electron chi connectivity index (χ0n) is 11.5. The van der Waals surface area contributed by atoms with Crippen LogP contribution in [0.5, 0.6) is 5.75 Å². The molecule has 0 aliphatic carbocycles. The molecule has 0 fully saturated rings. The molecule has 0 aromatic heterocycles. The smallest absolute Gasteiger partial charge is 0.209 e. The van der Waals surface area contributed by atoms with Gasteiger partial charge in [-0.05, 0) is 29.3 Å². The molecule has 1 unspecified atom stereocenters. The van der Waals surface area contributed by atoms with E-state index in [1.165, 1.54) is 0 Å². The first-order valence-electron chi connectivity index (χ1n) is 6.60. The van der Waals surface area contributed by atoms with E-state index in [0.717, 1.165) is 16.5 Å². The molecule has 0 radical (unpaired) electrons. The van der Waals surface area contributed by atoms with Gasteiger partial charge in [-0.2, -0.15) is 0 Å². The fourth-order valence-electron chi connectivity index (χ4n) is 2.08. The van der Waals surface area contributed by atoms with Gasteiger partial charge >= 0.3 is 0 Å². The van der Waals surface area contributed by atoms with Crippen LogP contribution < -0.4 is 9.88 Å². The Morgan fingerprint density at radius 2 is 1.85 bits per heavy atom. The van der Waals surface area contributed by atoms with E-state index in [1.807, 2.05) is 49.4 Å². The zero-order valence-corrected chi connectivity index (χ0v) is 12.3. The lowest BCUT2D eigenvalue weighted by atomic mass is 10.1. The van der Waals surface area contributed by atoms with Crippen molar-refractivity contribution < 1.29 is 13.2 Å². The summed E-state index contributed by atoms with van der Waals surface area (Å²) in [5, 5.41) is 7.32. The van der Waals surface area contributed by atoms with Crippen LogP contribution in [-0.2, 0) is 10.0 Å². The predicted molar refractivity (Wildman–Crippen MR) is 81.2 cm³/mol. The van der Waals surface area contributed by atoms with Gasteiger partial charge in [0.25, 0.3) is 0 Å². The van der Waals surface area contributed by atoms with Gasteiger partial charge in [-0.1, -0.05) is 37.3 Å². The third-order valence-electron chi connectivity index (χ3n) is 3.25. The summed E-state index contributed by atoms with van der Waals surface area (Å²) in [6.07, 6.45) is 0.712. The summed E-state index contributed by atoms with van der Waals surface area (Å²) >= 11 is 0. The first-order valence-corrected chi connectivity index (χ1v) is 8.31. The number of hydrogen-bond acceptors (Lipinski definition) is 3. The minimum absolute atomic E-state index is 0.0446. The molecule has 2 aromatic carbocycles. The maximum atomic E-state index is 11.1. The van der Waals surface area contributed by atoms with Gasteiger partial charge in [0.1, 0.15) is 5.75 Å². The zero-order chi connectivity index (χ0) is 14.6. The second-order valence-electron chi connectivity index (χ2n) is 4.92. The first-order chi connectivity index (χ1) is 9.48. The highest BCUT2D eigenvalue weighted by Gasteiger charge is 2.14. The summed E-state index contributed by atoms with van der Waals surface area (Å²) in [4.78, 5) is 0. The van der Waals surface area contributed by atoms with Gasteiger partial charge in [-0.15, -0.1) is 0 Å². The maximum absolute atomic E-state index is 11.1. The second-order valence-corrected chi connectivity index (χ2v) is 6.58. The van der Waals surface area contributed by atoms with E-state index < -0.39 is 10.0 Å². The molecule has 1 atom stereocenters. The number of sulfonamides is 1. The molecule has 2 rings (SSSR count). The van der Waals surface area contributed by atoms with Gasteiger partial charge in [-0.25, -0.2) is 13.6 Å². The Balaban J connectivity index is 2.04. The van der Waals surface area contributed by atoms with E-state index in [-0.39, 0.29) is 11.7 Å². The molecule has 2 aromatic rings.